The van der Waals surface area contributed by atoms with Gasteiger partial charge in [0, 0.05) is 17.8 Å². The average molecular weight is 477 g/mol. The molecule has 0 saturated heterocycles. The minimum atomic E-state index is -0.539. The summed E-state index contributed by atoms with van der Waals surface area (Å²) in [6.45, 7) is 1.82. The van der Waals surface area contributed by atoms with Gasteiger partial charge in [-0.2, -0.15) is 10.2 Å². The van der Waals surface area contributed by atoms with E-state index in [1.807, 2.05) is 55.5 Å². The van der Waals surface area contributed by atoms with Gasteiger partial charge < -0.3 is 16.2 Å². The van der Waals surface area contributed by atoms with Crippen molar-refractivity contribution in [3.63, 3.8) is 0 Å². The first-order valence-corrected chi connectivity index (χ1v) is 11.0. The second-order valence-electron chi connectivity index (χ2n) is 8.02. The molecule has 3 aromatic heterocycles. The summed E-state index contributed by atoms with van der Waals surface area (Å²) < 4.78 is 1.54. The minimum Gasteiger partial charge on any atom is -0.493 e. The fourth-order valence-corrected chi connectivity index (χ4v) is 4.01. The predicted molar refractivity (Wildman–Crippen MR) is 135 cm³/mol. The number of aromatic hydroxyl groups is 1. The number of hydrogen-bond donors (Lipinski definition) is 3. The summed E-state index contributed by atoms with van der Waals surface area (Å²) in [4.78, 5) is 30.9. The Kier molecular flexibility index (Phi) is 5.72. The lowest BCUT2D eigenvalue weighted by molar-refractivity contribution is 0.453. The molecule has 10 nitrogen and oxygen atoms in total. The van der Waals surface area contributed by atoms with E-state index in [1.54, 1.807) is 12.1 Å². The zero-order valence-electron chi connectivity index (χ0n) is 19.1. The number of nitrogen functional groups attached to an aromatic ring is 1. The lowest BCUT2D eigenvalue weighted by Crippen LogP contribution is -2.28. The van der Waals surface area contributed by atoms with Gasteiger partial charge in [-0.3, -0.25) is 9.36 Å². The summed E-state index contributed by atoms with van der Waals surface area (Å²) in [6.07, 6.45) is 2.85. The van der Waals surface area contributed by atoms with E-state index >= 15 is 0 Å². The molecule has 0 bridgehead atoms. The summed E-state index contributed by atoms with van der Waals surface area (Å²) in [5.41, 5.74) is 8.10. The first-order chi connectivity index (χ1) is 17.5. The topological polar surface area (TPSA) is 156 Å². The van der Waals surface area contributed by atoms with Crippen LogP contribution in [-0.2, 0) is 0 Å². The van der Waals surface area contributed by atoms with Crippen LogP contribution in [0.3, 0.4) is 0 Å². The SMILES string of the molecule is CC(Nc1nc(N)ncc1C#N)c1nc2cccc(-c3ccc(O)nc3)c2c(=O)n1-c1ccccc1. The Hall–Kier alpha value is -5.30. The van der Waals surface area contributed by atoms with E-state index < -0.39 is 6.04 Å². The Morgan fingerprint density at radius 1 is 1.03 bits per heavy atom. The van der Waals surface area contributed by atoms with Crippen molar-refractivity contribution in [1.29, 1.82) is 5.26 Å². The molecule has 0 spiro atoms. The summed E-state index contributed by atoms with van der Waals surface area (Å²) in [7, 11) is 0. The van der Waals surface area contributed by atoms with Crippen molar-refractivity contribution in [2.24, 2.45) is 0 Å². The maximum Gasteiger partial charge on any atom is 0.266 e. The zero-order chi connectivity index (χ0) is 25.2. The molecule has 5 aromatic rings. The van der Waals surface area contributed by atoms with E-state index in [9.17, 15) is 15.2 Å². The monoisotopic (exact) mass is 476 g/mol. The highest BCUT2D eigenvalue weighted by Gasteiger charge is 2.21. The third-order valence-corrected chi connectivity index (χ3v) is 5.67. The third-order valence-electron chi connectivity index (χ3n) is 5.67. The van der Waals surface area contributed by atoms with Gasteiger partial charge >= 0.3 is 0 Å². The predicted octanol–water partition coefficient (Wildman–Crippen LogP) is 3.57. The molecule has 0 aliphatic heterocycles. The normalized spacial score (nSPS) is 11.7. The molecule has 4 N–H and O–H groups in total. The molecule has 10 heteroatoms. The van der Waals surface area contributed by atoms with Crippen LogP contribution in [0.4, 0.5) is 11.8 Å². The highest BCUT2D eigenvalue weighted by atomic mass is 16.3. The number of fused-ring (bicyclic) bond motifs is 1. The summed E-state index contributed by atoms with van der Waals surface area (Å²) in [5, 5.41) is 22.6. The molecule has 0 aliphatic carbocycles. The van der Waals surface area contributed by atoms with E-state index in [4.69, 9.17) is 10.7 Å². The Morgan fingerprint density at radius 2 is 1.83 bits per heavy atom. The van der Waals surface area contributed by atoms with Gasteiger partial charge in [-0.25, -0.2) is 15.0 Å². The quantitative estimate of drug-likeness (QED) is 0.345. The number of pyridine rings is 1. The Bertz CT molecular complexity index is 1680. The van der Waals surface area contributed by atoms with E-state index in [1.165, 1.54) is 23.0 Å². The van der Waals surface area contributed by atoms with Crippen LogP contribution >= 0.6 is 0 Å². The number of anilines is 2. The van der Waals surface area contributed by atoms with Crippen molar-refractivity contribution in [2.45, 2.75) is 13.0 Å². The van der Waals surface area contributed by atoms with Crippen LogP contribution in [0.1, 0.15) is 24.4 Å². The molecule has 176 valence electrons. The standard InChI is InChI=1S/C26H20N8O2/c1-15(31-23-17(12-27)14-30-26(28)33-23)24-32-20-9-5-8-19(16-10-11-21(35)29-13-16)22(20)25(36)34(24)18-6-3-2-4-7-18/h2-11,13-15H,1H3,(H,29,35)(H3,28,30,31,33). The number of nitrogens with two attached hydrogens (primary N) is 1. The molecule has 2 aromatic carbocycles. The molecule has 5 rings (SSSR count). The van der Waals surface area contributed by atoms with Crippen LogP contribution < -0.4 is 16.6 Å². The number of benzene rings is 2. The van der Waals surface area contributed by atoms with E-state index in [0.29, 0.717) is 33.5 Å². The number of aromatic nitrogens is 5. The molecule has 1 unspecified atom stereocenters. The van der Waals surface area contributed by atoms with E-state index in [2.05, 4.69) is 20.3 Å². The fourth-order valence-electron chi connectivity index (χ4n) is 4.01. The van der Waals surface area contributed by atoms with Crippen LogP contribution in [0.15, 0.2) is 77.9 Å². The van der Waals surface area contributed by atoms with Crippen LogP contribution in [0.25, 0.3) is 27.7 Å². The van der Waals surface area contributed by atoms with Crippen molar-refractivity contribution < 1.29 is 5.11 Å². The Balaban J connectivity index is 1.74. The lowest BCUT2D eigenvalue weighted by atomic mass is 10.0. The number of nitrogens with one attached hydrogen (secondary N) is 1. The maximum absolute atomic E-state index is 14.1. The molecule has 36 heavy (non-hydrogen) atoms. The number of rotatable bonds is 5. The minimum absolute atomic E-state index is 0.0165. The van der Waals surface area contributed by atoms with Gasteiger partial charge in [-0.05, 0) is 36.8 Å². The fraction of sp³-hybridized carbons (Fsp3) is 0.0769. The summed E-state index contributed by atoms with van der Waals surface area (Å²) in [5.74, 6) is 0.571. The van der Waals surface area contributed by atoms with Gasteiger partial charge in [0.05, 0.1) is 28.8 Å². The number of nitrogens with zero attached hydrogens (tertiary/aromatic N) is 6. The molecule has 0 aliphatic rings. The molecule has 0 saturated carbocycles. The molecule has 0 fully saturated rings. The Morgan fingerprint density at radius 3 is 2.56 bits per heavy atom. The number of nitriles is 1. The van der Waals surface area contributed by atoms with Gasteiger partial charge in [0.25, 0.3) is 5.56 Å². The average Bonchev–Trinajstić information content (AvgIpc) is 2.89. The molecule has 0 amide bonds. The highest BCUT2D eigenvalue weighted by molar-refractivity contribution is 5.94. The molecule has 1 atom stereocenters. The van der Waals surface area contributed by atoms with Crippen LogP contribution in [0.5, 0.6) is 5.88 Å². The van der Waals surface area contributed by atoms with Gasteiger partial charge in [-0.1, -0.05) is 30.3 Å². The summed E-state index contributed by atoms with van der Waals surface area (Å²) in [6, 6.07) is 19.2. The molecular weight excluding hydrogens is 456 g/mol. The largest absolute Gasteiger partial charge is 0.493 e. The highest BCUT2D eigenvalue weighted by Crippen LogP contribution is 2.28. The van der Waals surface area contributed by atoms with Gasteiger partial charge in [0.15, 0.2) is 0 Å². The van der Waals surface area contributed by atoms with Crippen molar-refractivity contribution in [3.05, 3.63) is 94.8 Å². The first-order valence-electron chi connectivity index (χ1n) is 11.0. The number of hydrogen-bond acceptors (Lipinski definition) is 9. The van der Waals surface area contributed by atoms with E-state index in [-0.39, 0.29) is 28.8 Å². The van der Waals surface area contributed by atoms with E-state index in [0.717, 1.165) is 0 Å². The lowest BCUT2D eigenvalue weighted by Gasteiger charge is -2.21. The molecule has 3 heterocycles. The van der Waals surface area contributed by atoms with Crippen molar-refractivity contribution in [2.75, 3.05) is 11.1 Å². The third kappa shape index (κ3) is 4.05. The first kappa shape index (κ1) is 22.5. The van der Waals surface area contributed by atoms with Gasteiger partial charge in [-0.15, -0.1) is 0 Å². The van der Waals surface area contributed by atoms with Crippen molar-refractivity contribution in [1.82, 2.24) is 24.5 Å². The van der Waals surface area contributed by atoms with Crippen LogP contribution in [0, 0.1) is 11.3 Å². The molecular formula is C26H20N8O2. The van der Waals surface area contributed by atoms with Crippen LogP contribution in [0.2, 0.25) is 0 Å². The molecule has 0 radical (unpaired) electrons. The van der Waals surface area contributed by atoms with Gasteiger partial charge in [0.1, 0.15) is 23.3 Å². The Labute approximate surface area is 205 Å². The van der Waals surface area contributed by atoms with Crippen molar-refractivity contribution in [3.8, 4) is 28.8 Å². The number of para-hydroxylation sites is 1. The second kappa shape index (κ2) is 9.15. The van der Waals surface area contributed by atoms with Crippen molar-refractivity contribution >= 4 is 22.7 Å². The maximum atomic E-state index is 14.1. The summed E-state index contributed by atoms with van der Waals surface area (Å²) >= 11 is 0. The zero-order valence-corrected chi connectivity index (χ0v) is 19.1. The van der Waals surface area contributed by atoms with Gasteiger partial charge in [0.2, 0.25) is 11.8 Å². The second-order valence-corrected chi connectivity index (χ2v) is 8.02. The van der Waals surface area contributed by atoms with Crippen LogP contribution in [-0.4, -0.2) is 29.6 Å². The smallest absolute Gasteiger partial charge is 0.266 e.